The van der Waals surface area contributed by atoms with Gasteiger partial charge in [0.2, 0.25) is 5.91 Å². The van der Waals surface area contributed by atoms with E-state index in [1.165, 1.54) is 4.57 Å². The summed E-state index contributed by atoms with van der Waals surface area (Å²) in [5.74, 6) is 0.625. The van der Waals surface area contributed by atoms with Gasteiger partial charge in [0.25, 0.3) is 5.56 Å². The van der Waals surface area contributed by atoms with Crippen molar-refractivity contribution in [3.8, 4) is 11.5 Å². The first-order valence-corrected chi connectivity index (χ1v) is 14.1. The second-order valence-electron chi connectivity index (χ2n) is 8.35. The van der Waals surface area contributed by atoms with Crippen molar-refractivity contribution in [2.45, 2.75) is 32.5 Å². The minimum atomic E-state index is -0.488. The number of thiophene rings is 1. The standard InChI is InChI=1S/C28H29N3O6S2/c1-5-36-20-13-11-19(12-14-20)29-22(32)16-38-28-30-25-23(17(3)24(39-25)27(34)37-6-2)26(33)31(28)15-18-9-7-8-10-21(18)35-4/h7-14H,5-6,15-16H2,1-4H3,(H,29,32). The predicted molar refractivity (Wildman–Crippen MR) is 154 cm³/mol. The van der Waals surface area contributed by atoms with Crippen molar-refractivity contribution in [2.24, 2.45) is 0 Å². The van der Waals surface area contributed by atoms with Crippen molar-refractivity contribution in [1.29, 1.82) is 0 Å². The van der Waals surface area contributed by atoms with Crippen LogP contribution in [0.2, 0.25) is 0 Å². The van der Waals surface area contributed by atoms with E-state index in [0.29, 0.717) is 43.9 Å². The normalized spacial score (nSPS) is 10.9. The zero-order valence-corrected chi connectivity index (χ0v) is 23.7. The van der Waals surface area contributed by atoms with Gasteiger partial charge in [0.05, 0.1) is 38.0 Å². The number of benzene rings is 2. The molecule has 0 aliphatic heterocycles. The van der Waals surface area contributed by atoms with E-state index in [0.717, 1.165) is 34.4 Å². The Labute approximate surface area is 234 Å². The molecule has 0 unspecified atom stereocenters. The Hall–Kier alpha value is -3.83. The van der Waals surface area contributed by atoms with E-state index in [9.17, 15) is 14.4 Å². The Morgan fingerprint density at radius 3 is 2.51 bits per heavy atom. The Kier molecular flexibility index (Phi) is 9.26. The second-order valence-corrected chi connectivity index (χ2v) is 10.3. The molecule has 2 aromatic heterocycles. The number of carbonyl (C=O) groups excluding carboxylic acids is 2. The summed E-state index contributed by atoms with van der Waals surface area (Å²) in [5.41, 5.74) is 1.64. The molecular weight excluding hydrogens is 538 g/mol. The van der Waals surface area contributed by atoms with Crippen LogP contribution in [-0.4, -0.2) is 47.5 Å². The number of hydrogen-bond acceptors (Lipinski definition) is 9. The van der Waals surface area contributed by atoms with Crippen molar-refractivity contribution in [1.82, 2.24) is 9.55 Å². The molecule has 2 heterocycles. The van der Waals surface area contributed by atoms with Crippen LogP contribution in [0, 0.1) is 6.92 Å². The van der Waals surface area contributed by atoms with Crippen LogP contribution in [0.3, 0.4) is 0 Å². The maximum atomic E-state index is 13.8. The average Bonchev–Trinajstić information content (AvgIpc) is 3.27. The fourth-order valence-electron chi connectivity index (χ4n) is 3.97. The van der Waals surface area contributed by atoms with Gasteiger partial charge in [-0.3, -0.25) is 14.2 Å². The van der Waals surface area contributed by atoms with Crippen molar-refractivity contribution in [2.75, 3.05) is 31.4 Å². The van der Waals surface area contributed by atoms with Crippen LogP contribution in [0.4, 0.5) is 5.69 Å². The topological polar surface area (TPSA) is 109 Å². The van der Waals surface area contributed by atoms with Gasteiger partial charge in [-0.05, 0) is 56.7 Å². The minimum absolute atomic E-state index is 0.0200. The number of rotatable bonds is 11. The number of hydrogen-bond donors (Lipinski definition) is 1. The number of aromatic nitrogens is 2. The van der Waals surface area contributed by atoms with Crippen LogP contribution in [0.25, 0.3) is 10.2 Å². The third-order valence-electron chi connectivity index (χ3n) is 5.78. The van der Waals surface area contributed by atoms with Gasteiger partial charge in [0.15, 0.2) is 5.16 Å². The molecular formula is C28H29N3O6S2. The SMILES string of the molecule is CCOC(=O)c1sc2nc(SCC(=O)Nc3ccc(OCC)cc3)n(Cc3ccccc3OC)c(=O)c2c1C. The number of esters is 1. The average molecular weight is 568 g/mol. The molecule has 39 heavy (non-hydrogen) atoms. The number of nitrogens with one attached hydrogen (secondary N) is 1. The van der Waals surface area contributed by atoms with E-state index in [2.05, 4.69) is 5.32 Å². The fourth-order valence-corrected chi connectivity index (χ4v) is 5.89. The Balaban J connectivity index is 1.67. The first-order chi connectivity index (χ1) is 18.9. The molecule has 204 valence electrons. The Bertz CT molecular complexity index is 1550. The third kappa shape index (κ3) is 6.43. The highest BCUT2D eigenvalue weighted by molar-refractivity contribution is 7.99. The van der Waals surface area contributed by atoms with E-state index in [4.69, 9.17) is 19.2 Å². The number of aryl methyl sites for hydroxylation is 1. The van der Waals surface area contributed by atoms with Crippen LogP contribution in [0.5, 0.6) is 11.5 Å². The summed E-state index contributed by atoms with van der Waals surface area (Å²) in [6.45, 7) is 6.31. The smallest absolute Gasteiger partial charge is 0.348 e. The first-order valence-electron chi connectivity index (χ1n) is 12.3. The summed E-state index contributed by atoms with van der Waals surface area (Å²) < 4.78 is 17.6. The molecule has 0 bridgehead atoms. The van der Waals surface area contributed by atoms with Gasteiger partial charge < -0.3 is 19.5 Å². The largest absolute Gasteiger partial charge is 0.496 e. The first kappa shape index (κ1) is 28.2. The lowest BCUT2D eigenvalue weighted by Crippen LogP contribution is -2.25. The number of thioether (sulfide) groups is 1. The van der Waals surface area contributed by atoms with Crippen molar-refractivity contribution in [3.63, 3.8) is 0 Å². The number of methoxy groups -OCH3 is 1. The number of carbonyl (C=O) groups is 2. The minimum Gasteiger partial charge on any atom is -0.496 e. The summed E-state index contributed by atoms with van der Waals surface area (Å²) in [7, 11) is 1.57. The van der Waals surface area contributed by atoms with Crippen molar-refractivity contribution >= 4 is 50.9 Å². The zero-order valence-electron chi connectivity index (χ0n) is 22.1. The summed E-state index contributed by atoms with van der Waals surface area (Å²) in [5, 5.41) is 3.57. The molecule has 0 aliphatic carbocycles. The van der Waals surface area contributed by atoms with Crippen molar-refractivity contribution < 1.29 is 23.8 Å². The number of fused-ring (bicyclic) bond motifs is 1. The summed E-state index contributed by atoms with van der Waals surface area (Å²) in [4.78, 5) is 44.6. The molecule has 4 rings (SSSR count). The third-order valence-corrected chi connectivity index (χ3v) is 7.92. The molecule has 0 atom stereocenters. The maximum Gasteiger partial charge on any atom is 0.348 e. The highest BCUT2D eigenvalue weighted by Crippen LogP contribution is 2.31. The molecule has 0 spiro atoms. The summed E-state index contributed by atoms with van der Waals surface area (Å²) in [6.07, 6.45) is 0. The van der Waals surface area contributed by atoms with Crippen LogP contribution in [0.15, 0.2) is 58.5 Å². The van der Waals surface area contributed by atoms with Gasteiger partial charge in [-0.1, -0.05) is 30.0 Å². The van der Waals surface area contributed by atoms with Gasteiger partial charge in [0, 0.05) is 11.3 Å². The second kappa shape index (κ2) is 12.8. The molecule has 9 nitrogen and oxygen atoms in total. The lowest BCUT2D eigenvalue weighted by Gasteiger charge is -2.14. The molecule has 11 heteroatoms. The molecule has 2 aromatic carbocycles. The van der Waals surface area contributed by atoms with Crippen LogP contribution >= 0.6 is 23.1 Å². The molecule has 0 radical (unpaired) electrons. The van der Waals surface area contributed by atoms with Gasteiger partial charge >= 0.3 is 5.97 Å². The lowest BCUT2D eigenvalue weighted by molar-refractivity contribution is -0.113. The van der Waals surface area contributed by atoms with Crippen LogP contribution in [-0.2, 0) is 16.1 Å². The highest BCUT2D eigenvalue weighted by atomic mass is 32.2. The number of anilines is 1. The summed E-state index contributed by atoms with van der Waals surface area (Å²) in [6, 6.07) is 14.5. The van der Waals surface area contributed by atoms with Crippen LogP contribution < -0.4 is 20.3 Å². The molecule has 4 aromatic rings. The number of para-hydroxylation sites is 1. The van der Waals surface area contributed by atoms with Gasteiger partial charge in [-0.15, -0.1) is 11.3 Å². The van der Waals surface area contributed by atoms with Gasteiger partial charge in [0.1, 0.15) is 21.2 Å². The lowest BCUT2D eigenvalue weighted by atomic mass is 10.2. The van der Waals surface area contributed by atoms with Crippen molar-refractivity contribution in [3.05, 3.63) is 74.9 Å². The molecule has 1 N–H and O–H groups in total. The Morgan fingerprint density at radius 2 is 1.82 bits per heavy atom. The number of ether oxygens (including phenoxy) is 3. The number of nitrogens with zero attached hydrogens (tertiary/aromatic N) is 2. The highest BCUT2D eigenvalue weighted by Gasteiger charge is 2.23. The number of amides is 1. The summed E-state index contributed by atoms with van der Waals surface area (Å²) >= 11 is 2.26. The Morgan fingerprint density at radius 1 is 1.08 bits per heavy atom. The monoisotopic (exact) mass is 567 g/mol. The fraction of sp³-hybridized carbons (Fsp3) is 0.286. The van der Waals surface area contributed by atoms with E-state index in [-0.39, 0.29) is 30.4 Å². The van der Waals surface area contributed by atoms with E-state index in [1.807, 2.05) is 31.2 Å². The molecule has 0 aliphatic rings. The molecule has 0 saturated heterocycles. The van der Waals surface area contributed by atoms with Gasteiger partial charge in [-0.2, -0.15) is 0 Å². The van der Waals surface area contributed by atoms with E-state index < -0.39 is 5.97 Å². The quantitative estimate of drug-likeness (QED) is 0.151. The van der Waals surface area contributed by atoms with E-state index >= 15 is 0 Å². The molecule has 0 fully saturated rings. The zero-order chi connectivity index (χ0) is 27.9. The molecule has 1 amide bonds. The van der Waals surface area contributed by atoms with Gasteiger partial charge in [-0.25, -0.2) is 9.78 Å². The van der Waals surface area contributed by atoms with E-state index in [1.54, 1.807) is 45.2 Å². The predicted octanol–water partition coefficient (Wildman–Crippen LogP) is 5.13. The van der Waals surface area contributed by atoms with Crippen LogP contribution in [0.1, 0.15) is 34.6 Å². The maximum absolute atomic E-state index is 13.8. The molecule has 0 saturated carbocycles.